The number of aromatic nitrogens is 1. The summed E-state index contributed by atoms with van der Waals surface area (Å²) in [4.78, 5) is 30.8. The Balaban J connectivity index is 1.60. The molecule has 3 aromatic rings. The van der Waals surface area contributed by atoms with Crippen LogP contribution in [-0.4, -0.2) is 30.6 Å². The van der Waals surface area contributed by atoms with E-state index in [1.165, 1.54) is 7.11 Å². The lowest BCUT2D eigenvalue weighted by Gasteiger charge is -2.37. The molecule has 1 amide bonds. The largest absolute Gasteiger partial charge is 0.495 e. The molecule has 1 aliphatic carbocycles. The molecule has 6 nitrogen and oxygen atoms in total. The maximum atomic E-state index is 13.4. The number of nitrogens with zero attached hydrogens (tertiary/aromatic N) is 1. The summed E-state index contributed by atoms with van der Waals surface area (Å²) in [7, 11) is 1.54. The van der Waals surface area contributed by atoms with E-state index in [4.69, 9.17) is 14.5 Å². The van der Waals surface area contributed by atoms with Crippen LogP contribution in [0.4, 0.5) is 5.69 Å². The number of pyridine rings is 1. The lowest BCUT2D eigenvalue weighted by atomic mass is 9.68. The van der Waals surface area contributed by atoms with Crippen molar-refractivity contribution in [1.82, 2.24) is 4.98 Å². The average molecular weight is 461 g/mol. The zero-order valence-corrected chi connectivity index (χ0v) is 20.3. The average Bonchev–Trinajstić information content (AvgIpc) is 2.85. The highest BCUT2D eigenvalue weighted by atomic mass is 16.5. The van der Waals surface area contributed by atoms with E-state index in [9.17, 15) is 9.59 Å². The summed E-state index contributed by atoms with van der Waals surface area (Å²) >= 11 is 0. The second-order valence-electron chi connectivity index (χ2n) is 9.54. The third-order valence-electron chi connectivity index (χ3n) is 7.19. The molecule has 1 aliphatic rings. The van der Waals surface area contributed by atoms with Crippen LogP contribution in [0.15, 0.2) is 48.5 Å². The van der Waals surface area contributed by atoms with Gasteiger partial charge in [0.1, 0.15) is 5.75 Å². The standard InChI is InChI=1S/C28H32N2O4/c1-5-28(2,3)18-14-15-22-20(16-18)26(19-10-6-7-11-21(19)29-22)27(32)34-17-25(31)30-23-12-8-9-13-24(23)33-4/h6-13,18H,5,14-17H2,1-4H3,(H,30,31). The molecule has 34 heavy (non-hydrogen) atoms. The van der Waals surface area contributed by atoms with Crippen LogP contribution in [0.2, 0.25) is 0 Å². The van der Waals surface area contributed by atoms with Crippen molar-refractivity contribution in [2.24, 2.45) is 11.3 Å². The fourth-order valence-electron chi connectivity index (χ4n) is 4.71. The molecule has 0 bridgehead atoms. The third-order valence-corrected chi connectivity index (χ3v) is 7.19. The molecular formula is C28H32N2O4. The number of fused-ring (bicyclic) bond motifs is 2. The summed E-state index contributed by atoms with van der Waals surface area (Å²) in [5.41, 5.74) is 3.95. The number of ether oxygens (including phenoxy) is 2. The number of hydrogen-bond acceptors (Lipinski definition) is 5. The Morgan fingerprint density at radius 2 is 1.85 bits per heavy atom. The topological polar surface area (TPSA) is 77.5 Å². The number of aryl methyl sites for hydroxylation is 1. The van der Waals surface area contributed by atoms with Crippen molar-refractivity contribution in [3.8, 4) is 5.75 Å². The normalized spacial score (nSPS) is 15.5. The van der Waals surface area contributed by atoms with Crippen LogP contribution in [0.1, 0.15) is 55.2 Å². The van der Waals surface area contributed by atoms with Crippen molar-refractivity contribution in [1.29, 1.82) is 0 Å². The van der Waals surface area contributed by atoms with Gasteiger partial charge in [-0.05, 0) is 54.4 Å². The highest BCUT2D eigenvalue weighted by Crippen LogP contribution is 2.41. The molecule has 2 aromatic carbocycles. The van der Waals surface area contributed by atoms with Gasteiger partial charge in [-0.2, -0.15) is 0 Å². The first-order chi connectivity index (χ1) is 16.3. The van der Waals surface area contributed by atoms with Crippen LogP contribution in [0, 0.1) is 11.3 Å². The summed E-state index contributed by atoms with van der Waals surface area (Å²) in [5.74, 6) is 0.0874. The van der Waals surface area contributed by atoms with Crippen molar-refractivity contribution in [3.63, 3.8) is 0 Å². The third kappa shape index (κ3) is 4.76. The molecule has 1 aromatic heterocycles. The molecule has 1 heterocycles. The molecule has 0 aliphatic heterocycles. The Labute approximate surface area is 200 Å². The van der Waals surface area contributed by atoms with Crippen LogP contribution >= 0.6 is 0 Å². The van der Waals surface area contributed by atoms with Gasteiger partial charge in [-0.3, -0.25) is 9.78 Å². The summed E-state index contributed by atoms with van der Waals surface area (Å²) in [6.45, 7) is 6.41. The van der Waals surface area contributed by atoms with Gasteiger partial charge >= 0.3 is 5.97 Å². The molecule has 1 unspecified atom stereocenters. The molecule has 0 fully saturated rings. The number of rotatable bonds is 7. The van der Waals surface area contributed by atoms with Crippen molar-refractivity contribution in [2.45, 2.75) is 46.5 Å². The summed E-state index contributed by atoms with van der Waals surface area (Å²) in [5, 5.41) is 3.52. The number of amides is 1. The monoisotopic (exact) mass is 460 g/mol. The number of methoxy groups -OCH3 is 1. The van der Waals surface area contributed by atoms with Crippen LogP contribution < -0.4 is 10.1 Å². The van der Waals surface area contributed by atoms with Gasteiger partial charge in [0, 0.05) is 11.1 Å². The number of para-hydroxylation sites is 3. The SMILES string of the molecule is CCC(C)(C)C1CCc2nc3ccccc3c(C(=O)OCC(=O)Nc3ccccc3OC)c2C1. The Bertz CT molecular complexity index is 1220. The van der Waals surface area contributed by atoms with E-state index in [0.717, 1.165) is 47.8 Å². The summed E-state index contributed by atoms with van der Waals surface area (Å²) < 4.78 is 10.8. The zero-order chi connectivity index (χ0) is 24.3. The summed E-state index contributed by atoms with van der Waals surface area (Å²) in [6.07, 6.45) is 3.74. The lowest BCUT2D eigenvalue weighted by Crippen LogP contribution is -2.31. The highest BCUT2D eigenvalue weighted by Gasteiger charge is 2.34. The first-order valence-electron chi connectivity index (χ1n) is 11.8. The maximum absolute atomic E-state index is 13.4. The minimum Gasteiger partial charge on any atom is -0.495 e. The first kappa shape index (κ1) is 23.7. The van der Waals surface area contributed by atoms with Gasteiger partial charge in [-0.25, -0.2) is 4.79 Å². The summed E-state index contributed by atoms with van der Waals surface area (Å²) in [6, 6.07) is 14.8. The van der Waals surface area contributed by atoms with E-state index in [-0.39, 0.29) is 12.0 Å². The van der Waals surface area contributed by atoms with E-state index in [1.807, 2.05) is 30.3 Å². The molecule has 4 rings (SSSR count). The minimum atomic E-state index is -0.486. The number of anilines is 1. The van der Waals surface area contributed by atoms with Gasteiger partial charge in [-0.1, -0.05) is 57.5 Å². The predicted molar refractivity (Wildman–Crippen MR) is 133 cm³/mol. The number of benzene rings is 2. The maximum Gasteiger partial charge on any atom is 0.339 e. The smallest absolute Gasteiger partial charge is 0.339 e. The Morgan fingerprint density at radius 1 is 1.12 bits per heavy atom. The molecule has 178 valence electrons. The van der Waals surface area contributed by atoms with Crippen LogP contribution in [0.3, 0.4) is 0 Å². The number of carbonyl (C=O) groups is 2. The number of esters is 1. The fraction of sp³-hybridized carbons (Fsp3) is 0.393. The van der Waals surface area contributed by atoms with E-state index >= 15 is 0 Å². The van der Waals surface area contributed by atoms with Gasteiger partial charge in [-0.15, -0.1) is 0 Å². The van der Waals surface area contributed by atoms with Gasteiger partial charge in [0.15, 0.2) is 6.61 Å². The van der Waals surface area contributed by atoms with Gasteiger partial charge in [0.2, 0.25) is 0 Å². The van der Waals surface area contributed by atoms with E-state index in [1.54, 1.807) is 18.2 Å². The van der Waals surface area contributed by atoms with Crippen LogP contribution in [0.5, 0.6) is 5.75 Å². The van der Waals surface area contributed by atoms with E-state index in [0.29, 0.717) is 22.9 Å². The van der Waals surface area contributed by atoms with Crippen molar-refractivity contribution < 1.29 is 19.1 Å². The van der Waals surface area contributed by atoms with Crippen molar-refractivity contribution >= 4 is 28.5 Å². The quantitative estimate of drug-likeness (QED) is 0.466. The Kier molecular flexibility index (Phi) is 6.87. The van der Waals surface area contributed by atoms with E-state index in [2.05, 4.69) is 26.1 Å². The van der Waals surface area contributed by atoms with Gasteiger partial charge < -0.3 is 14.8 Å². The molecule has 6 heteroatoms. The molecular weight excluding hydrogens is 428 g/mol. The molecule has 1 N–H and O–H groups in total. The fourth-order valence-corrected chi connectivity index (χ4v) is 4.71. The number of nitrogens with one attached hydrogen (secondary N) is 1. The molecule has 0 radical (unpaired) electrons. The highest BCUT2D eigenvalue weighted by molar-refractivity contribution is 6.06. The van der Waals surface area contributed by atoms with Crippen LogP contribution in [-0.2, 0) is 22.4 Å². The molecule has 0 saturated carbocycles. The van der Waals surface area contributed by atoms with Crippen LogP contribution in [0.25, 0.3) is 10.9 Å². The number of hydrogen-bond donors (Lipinski definition) is 1. The molecule has 0 saturated heterocycles. The molecule has 1 atom stereocenters. The molecule has 0 spiro atoms. The van der Waals surface area contributed by atoms with Gasteiger partial charge in [0.25, 0.3) is 5.91 Å². The van der Waals surface area contributed by atoms with Crippen molar-refractivity contribution in [3.05, 3.63) is 65.4 Å². The predicted octanol–water partition coefficient (Wildman–Crippen LogP) is 5.58. The first-order valence-corrected chi connectivity index (χ1v) is 11.8. The lowest BCUT2D eigenvalue weighted by molar-refractivity contribution is -0.119. The minimum absolute atomic E-state index is 0.166. The zero-order valence-electron chi connectivity index (χ0n) is 20.3. The second-order valence-corrected chi connectivity index (χ2v) is 9.54. The van der Waals surface area contributed by atoms with Crippen molar-refractivity contribution in [2.75, 3.05) is 19.0 Å². The Morgan fingerprint density at radius 3 is 2.62 bits per heavy atom. The van der Waals surface area contributed by atoms with Gasteiger partial charge in [0.05, 0.1) is 23.9 Å². The Hall–Kier alpha value is -3.41. The van der Waals surface area contributed by atoms with E-state index < -0.39 is 11.9 Å². The number of carbonyl (C=O) groups excluding carboxylic acids is 2. The second kappa shape index (κ2) is 9.84.